The highest BCUT2D eigenvalue weighted by Gasteiger charge is 2.16. The molecular formula is C18H17Cl2NO5. The fourth-order valence-electron chi connectivity index (χ4n) is 2.47. The number of methoxy groups -OCH3 is 2. The van der Waals surface area contributed by atoms with E-state index in [0.717, 1.165) is 5.56 Å². The second kappa shape index (κ2) is 8.38. The lowest BCUT2D eigenvalue weighted by Crippen LogP contribution is -2.15. The average molecular weight is 398 g/mol. The number of halogens is 2. The molecule has 1 aliphatic rings. The molecule has 3 rings (SSSR count). The summed E-state index contributed by atoms with van der Waals surface area (Å²) in [6, 6.07) is 7.04. The summed E-state index contributed by atoms with van der Waals surface area (Å²) in [6.07, 6.45) is 1.54. The van der Waals surface area contributed by atoms with Crippen molar-refractivity contribution in [1.82, 2.24) is 0 Å². The first-order valence-corrected chi connectivity index (χ1v) is 8.53. The predicted octanol–water partition coefficient (Wildman–Crippen LogP) is 4.33. The van der Waals surface area contributed by atoms with Crippen LogP contribution in [-0.2, 0) is 11.4 Å². The predicted molar refractivity (Wildman–Crippen MR) is 99.4 cm³/mol. The van der Waals surface area contributed by atoms with Crippen LogP contribution in [0.2, 0.25) is 10.0 Å². The van der Waals surface area contributed by atoms with Gasteiger partial charge in [0.2, 0.25) is 0 Å². The first-order valence-electron chi connectivity index (χ1n) is 7.77. The molecule has 0 saturated heterocycles. The van der Waals surface area contributed by atoms with Crippen LogP contribution in [0.25, 0.3) is 0 Å². The second-order valence-corrected chi connectivity index (χ2v) is 6.16. The maximum absolute atomic E-state index is 6.20. The summed E-state index contributed by atoms with van der Waals surface area (Å²) < 4.78 is 21.5. The van der Waals surface area contributed by atoms with Crippen molar-refractivity contribution in [2.75, 3.05) is 27.4 Å². The van der Waals surface area contributed by atoms with Crippen molar-refractivity contribution in [3.8, 4) is 23.0 Å². The number of nitrogens with zero attached hydrogens (tertiary/aromatic N) is 1. The first kappa shape index (κ1) is 18.5. The number of benzene rings is 2. The number of ether oxygens (including phenoxy) is 4. The lowest BCUT2D eigenvalue weighted by Gasteiger charge is -2.20. The monoisotopic (exact) mass is 397 g/mol. The molecule has 138 valence electrons. The Morgan fingerprint density at radius 1 is 1.04 bits per heavy atom. The van der Waals surface area contributed by atoms with E-state index in [9.17, 15) is 0 Å². The van der Waals surface area contributed by atoms with Gasteiger partial charge in [0.25, 0.3) is 0 Å². The molecule has 0 unspecified atom stereocenters. The van der Waals surface area contributed by atoms with E-state index in [1.54, 1.807) is 18.2 Å². The topological polar surface area (TPSA) is 58.5 Å². The number of hydrogen-bond acceptors (Lipinski definition) is 6. The van der Waals surface area contributed by atoms with Crippen LogP contribution >= 0.6 is 23.2 Å². The molecule has 0 aliphatic carbocycles. The Kier molecular flexibility index (Phi) is 5.96. The van der Waals surface area contributed by atoms with Crippen LogP contribution in [0.5, 0.6) is 23.0 Å². The van der Waals surface area contributed by atoms with Crippen molar-refractivity contribution in [2.45, 2.75) is 6.61 Å². The third kappa shape index (κ3) is 4.08. The van der Waals surface area contributed by atoms with Gasteiger partial charge in [-0.15, -0.1) is 0 Å². The molecule has 8 heteroatoms. The zero-order valence-corrected chi connectivity index (χ0v) is 15.8. The van der Waals surface area contributed by atoms with Crippen molar-refractivity contribution >= 4 is 29.4 Å². The van der Waals surface area contributed by atoms with Gasteiger partial charge >= 0.3 is 0 Å². The minimum Gasteiger partial charge on any atom is -0.493 e. The smallest absolute Gasteiger partial charge is 0.179 e. The van der Waals surface area contributed by atoms with Gasteiger partial charge in [0.05, 0.1) is 30.5 Å². The molecule has 2 aromatic rings. The molecule has 1 heterocycles. The van der Waals surface area contributed by atoms with Crippen LogP contribution < -0.4 is 18.9 Å². The van der Waals surface area contributed by atoms with Crippen LogP contribution in [0, 0.1) is 0 Å². The van der Waals surface area contributed by atoms with Crippen molar-refractivity contribution in [3.63, 3.8) is 0 Å². The van der Waals surface area contributed by atoms with Crippen LogP contribution in [0.1, 0.15) is 11.1 Å². The molecule has 2 aromatic carbocycles. The Hall–Kier alpha value is -2.31. The van der Waals surface area contributed by atoms with E-state index in [2.05, 4.69) is 5.16 Å². The number of rotatable bonds is 6. The van der Waals surface area contributed by atoms with E-state index >= 15 is 0 Å². The molecule has 0 spiro atoms. The van der Waals surface area contributed by atoms with E-state index in [4.69, 9.17) is 47.0 Å². The molecule has 0 radical (unpaired) electrons. The summed E-state index contributed by atoms with van der Waals surface area (Å²) in [7, 11) is 3.07. The third-order valence-electron chi connectivity index (χ3n) is 3.62. The number of hydrogen-bond donors (Lipinski definition) is 0. The number of fused-ring (bicyclic) bond motifs is 1. The van der Waals surface area contributed by atoms with Crippen LogP contribution in [-0.4, -0.2) is 33.6 Å². The van der Waals surface area contributed by atoms with Gasteiger partial charge in [-0.1, -0.05) is 28.4 Å². The summed E-state index contributed by atoms with van der Waals surface area (Å²) in [4.78, 5) is 5.34. The van der Waals surface area contributed by atoms with Crippen molar-refractivity contribution in [2.24, 2.45) is 5.16 Å². The molecule has 0 saturated carbocycles. The van der Waals surface area contributed by atoms with E-state index in [1.165, 1.54) is 20.4 Å². The largest absolute Gasteiger partial charge is 0.493 e. The highest BCUT2D eigenvalue weighted by atomic mass is 35.5. The van der Waals surface area contributed by atoms with E-state index in [-0.39, 0.29) is 6.61 Å². The molecule has 0 bridgehead atoms. The summed E-state index contributed by atoms with van der Waals surface area (Å²) in [5, 5.41) is 4.86. The molecule has 0 fully saturated rings. The third-order valence-corrected chi connectivity index (χ3v) is 4.18. The van der Waals surface area contributed by atoms with Crippen molar-refractivity contribution in [3.05, 3.63) is 45.4 Å². The summed E-state index contributed by atoms with van der Waals surface area (Å²) in [5.74, 6) is 2.15. The molecule has 0 aromatic heterocycles. The van der Waals surface area contributed by atoms with Crippen LogP contribution in [0.15, 0.2) is 29.4 Å². The van der Waals surface area contributed by atoms with E-state index in [0.29, 0.717) is 51.8 Å². The summed E-state index contributed by atoms with van der Waals surface area (Å²) in [6.45, 7) is 1.21. The SMILES string of the molecule is COc1cc(C=NOCc2cc(Cl)c3c(c2)OCCO3)cc(Cl)c1OC. The number of oxime groups is 1. The van der Waals surface area contributed by atoms with E-state index < -0.39 is 0 Å². The summed E-state index contributed by atoms with van der Waals surface area (Å²) in [5.41, 5.74) is 1.54. The molecule has 0 atom stereocenters. The van der Waals surface area contributed by atoms with Crippen LogP contribution in [0.3, 0.4) is 0 Å². The van der Waals surface area contributed by atoms with Gasteiger partial charge in [0.15, 0.2) is 23.0 Å². The van der Waals surface area contributed by atoms with E-state index in [1.807, 2.05) is 6.07 Å². The fourth-order valence-corrected chi connectivity index (χ4v) is 3.05. The van der Waals surface area contributed by atoms with Gasteiger partial charge in [-0.2, -0.15) is 0 Å². The normalized spacial score (nSPS) is 12.9. The molecule has 6 nitrogen and oxygen atoms in total. The summed E-state index contributed by atoms with van der Waals surface area (Å²) >= 11 is 12.4. The average Bonchev–Trinajstić information content (AvgIpc) is 2.65. The van der Waals surface area contributed by atoms with Gasteiger partial charge in [-0.3, -0.25) is 0 Å². The van der Waals surface area contributed by atoms with Crippen LogP contribution in [0.4, 0.5) is 0 Å². The Morgan fingerprint density at radius 2 is 1.85 bits per heavy atom. The second-order valence-electron chi connectivity index (χ2n) is 5.35. The highest BCUT2D eigenvalue weighted by Crippen LogP contribution is 2.38. The quantitative estimate of drug-likeness (QED) is 0.536. The van der Waals surface area contributed by atoms with Gasteiger partial charge < -0.3 is 23.8 Å². The maximum Gasteiger partial charge on any atom is 0.179 e. The highest BCUT2D eigenvalue weighted by molar-refractivity contribution is 6.32. The van der Waals surface area contributed by atoms with Crippen molar-refractivity contribution < 1.29 is 23.8 Å². The molecule has 1 aliphatic heterocycles. The Balaban J connectivity index is 1.66. The van der Waals surface area contributed by atoms with Gasteiger partial charge in [-0.25, -0.2) is 0 Å². The van der Waals surface area contributed by atoms with Gasteiger partial charge in [0.1, 0.15) is 19.8 Å². The molecule has 0 N–H and O–H groups in total. The molecule has 26 heavy (non-hydrogen) atoms. The Labute approximate surface area is 161 Å². The first-order chi connectivity index (χ1) is 12.6. The minimum absolute atomic E-state index is 0.230. The lowest BCUT2D eigenvalue weighted by molar-refractivity contribution is 0.131. The standard InChI is InChI=1S/C18H17Cl2NO5/c1-22-15-7-11(5-13(19)17(15)23-2)9-21-26-10-12-6-14(20)18-16(8-12)24-3-4-25-18/h5-9H,3-4,10H2,1-2H3. The minimum atomic E-state index is 0.230. The van der Waals surface area contributed by atoms with Gasteiger partial charge in [0, 0.05) is 5.56 Å². The maximum atomic E-state index is 6.20. The fraction of sp³-hybridized carbons (Fsp3) is 0.278. The lowest BCUT2D eigenvalue weighted by atomic mass is 10.2. The molecule has 0 amide bonds. The Morgan fingerprint density at radius 3 is 2.62 bits per heavy atom. The van der Waals surface area contributed by atoms with Crippen molar-refractivity contribution in [1.29, 1.82) is 0 Å². The zero-order valence-electron chi connectivity index (χ0n) is 14.3. The van der Waals surface area contributed by atoms with Gasteiger partial charge in [-0.05, 0) is 29.8 Å². The molecular weight excluding hydrogens is 381 g/mol. The zero-order chi connectivity index (χ0) is 18.5. The Bertz CT molecular complexity index is 826.